The van der Waals surface area contributed by atoms with Crippen molar-refractivity contribution in [2.24, 2.45) is 0 Å². The highest BCUT2D eigenvalue weighted by Gasteiger charge is 2.35. The quantitative estimate of drug-likeness (QED) is 0.539. The number of nitrogens with one attached hydrogen (secondary N) is 1. The molecule has 0 radical (unpaired) electrons. The lowest BCUT2D eigenvalue weighted by molar-refractivity contribution is -0.119. The predicted molar refractivity (Wildman–Crippen MR) is 125 cm³/mol. The van der Waals surface area contributed by atoms with Crippen molar-refractivity contribution in [1.82, 2.24) is 9.88 Å². The molecule has 1 fully saturated rings. The van der Waals surface area contributed by atoms with Gasteiger partial charge in [0, 0.05) is 23.2 Å². The smallest absolute Gasteiger partial charge is 0.254 e. The van der Waals surface area contributed by atoms with Crippen molar-refractivity contribution in [2.45, 2.75) is 25.5 Å². The summed E-state index contributed by atoms with van der Waals surface area (Å²) in [7, 11) is 3.12. The molecule has 8 nitrogen and oxygen atoms in total. The summed E-state index contributed by atoms with van der Waals surface area (Å²) in [6.07, 6.45) is 1.37. The summed E-state index contributed by atoms with van der Waals surface area (Å²) in [5.41, 5.74) is 3.67. The molecule has 1 saturated heterocycles. The molecule has 1 aromatic heterocycles. The molecule has 2 heterocycles. The molecule has 1 aliphatic heterocycles. The number of rotatable bonds is 8. The van der Waals surface area contributed by atoms with Gasteiger partial charge in [0.05, 0.1) is 25.4 Å². The summed E-state index contributed by atoms with van der Waals surface area (Å²) in [5.74, 6) is 1.26. The van der Waals surface area contributed by atoms with E-state index in [9.17, 15) is 9.59 Å². The lowest BCUT2D eigenvalue weighted by Crippen LogP contribution is -2.43. The Balaban J connectivity index is 1.44. The summed E-state index contributed by atoms with van der Waals surface area (Å²) in [6.45, 7) is 0.830. The molecule has 2 aromatic carbocycles. The Kier molecular flexibility index (Phi) is 7.09. The molecule has 0 bridgehead atoms. The number of likely N-dealkylation sites (tertiary alicyclic amines) is 1. The highest BCUT2D eigenvalue weighted by Crippen LogP contribution is 2.31. The summed E-state index contributed by atoms with van der Waals surface area (Å²) in [6, 6.07) is 11.6. The zero-order chi connectivity index (χ0) is 23.2. The molecule has 0 spiro atoms. The van der Waals surface area contributed by atoms with E-state index in [1.165, 1.54) is 18.4 Å². The largest absolute Gasteiger partial charge is 0.497 e. The third-order valence-corrected chi connectivity index (χ3v) is 6.08. The second kappa shape index (κ2) is 10.4. The van der Waals surface area contributed by atoms with Gasteiger partial charge >= 0.3 is 0 Å². The second-order valence-electron chi connectivity index (χ2n) is 7.51. The molecule has 2 amide bonds. The van der Waals surface area contributed by atoms with Gasteiger partial charge in [-0.15, -0.1) is 11.3 Å². The van der Waals surface area contributed by atoms with Crippen LogP contribution in [0.2, 0.25) is 0 Å². The van der Waals surface area contributed by atoms with Crippen molar-refractivity contribution < 1.29 is 23.8 Å². The van der Waals surface area contributed by atoms with E-state index >= 15 is 0 Å². The molecule has 3 aromatic rings. The van der Waals surface area contributed by atoms with E-state index in [-0.39, 0.29) is 11.8 Å². The highest BCUT2D eigenvalue weighted by molar-refractivity contribution is 7.07. The van der Waals surface area contributed by atoms with Crippen molar-refractivity contribution in [1.29, 1.82) is 0 Å². The number of hydrogen-bond donors (Lipinski definition) is 1. The topological polar surface area (TPSA) is 90.0 Å². The molecule has 1 aliphatic rings. The average Bonchev–Trinajstić information content (AvgIpc) is 3.55. The van der Waals surface area contributed by atoms with Crippen LogP contribution in [0.1, 0.15) is 28.9 Å². The van der Waals surface area contributed by atoms with E-state index < -0.39 is 6.04 Å². The fraction of sp³-hybridized carbons (Fsp3) is 0.292. The van der Waals surface area contributed by atoms with Gasteiger partial charge in [0.15, 0.2) is 11.5 Å². The first-order valence-electron chi connectivity index (χ1n) is 10.5. The number of carbonyl (C=O) groups excluding carboxylic acids is 2. The molecule has 33 heavy (non-hydrogen) atoms. The third kappa shape index (κ3) is 5.25. The van der Waals surface area contributed by atoms with Gasteiger partial charge in [0.1, 0.15) is 18.4 Å². The molecule has 0 aliphatic carbocycles. The Bertz CT molecular complexity index is 1100. The number of hydrogen-bond acceptors (Lipinski definition) is 7. The van der Waals surface area contributed by atoms with E-state index in [0.29, 0.717) is 48.1 Å². The molecule has 4 rings (SSSR count). The van der Waals surface area contributed by atoms with E-state index in [0.717, 1.165) is 12.1 Å². The van der Waals surface area contributed by atoms with Crippen LogP contribution < -0.4 is 19.5 Å². The number of aromatic nitrogens is 1. The Labute approximate surface area is 196 Å². The lowest BCUT2D eigenvalue weighted by Gasteiger charge is -2.24. The standard InChI is InChI=1S/C24H25N3O5S/c1-30-19-8-6-17(7-9-19)26-23(28)20-4-3-11-27(20)24(29)16-5-10-21(22(12-16)31-2)32-13-18-14-33-15-25-18/h5-10,12,14-15,20H,3-4,11,13H2,1-2H3,(H,26,28). The molecule has 1 unspecified atom stereocenters. The number of methoxy groups -OCH3 is 2. The van der Waals surface area contributed by atoms with E-state index in [1.54, 1.807) is 60.0 Å². The molecule has 1 atom stereocenters. The van der Waals surface area contributed by atoms with Crippen molar-refractivity contribution in [2.75, 3.05) is 26.1 Å². The summed E-state index contributed by atoms with van der Waals surface area (Å²) < 4.78 is 16.4. The summed E-state index contributed by atoms with van der Waals surface area (Å²) in [4.78, 5) is 32.0. The van der Waals surface area contributed by atoms with Crippen molar-refractivity contribution in [3.8, 4) is 17.2 Å². The van der Waals surface area contributed by atoms with Crippen LogP contribution in [0, 0.1) is 0 Å². The minimum Gasteiger partial charge on any atom is -0.497 e. The van der Waals surface area contributed by atoms with Gasteiger partial charge in [-0.25, -0.2) is 4.98 Å². The van der Waals surface area contributed by atoms with Crippen molar-refractivity contribution >= 4 is 28.8 Å². The van der Waals surface area contributed by atoms with Crippen LogP contribution in [0.5, 0.6) is 17.2 Å². The van der Waals surface area contributed by atoms with Crippen LogP contribution in [0.15, 0.2) is 53.4 Å². The molecule has 0 saturated carbocycles. The minimum absolute atomic E-state index is 0.207. The van der Waals surface area contributed by atoms with Gasteiger partial charge in [-0.3, -0.25) is 9.59 Å². The monoisotopic (exact) mass is 467 g/mol. The molecule has 9 heteroatoms. The predicted octanol–water partition coefficient (Wildman–Crippen LogP) is 3.98. The Morgan fingerprint density at radius 2 is 1.94 bits per heavy atom. The fourth-order valence-corrected chi connectivity index (χ4v) is 4.27. The average molecular weight is 468 g/mol. The molecular formula is C24H25N3O5S. The summed E-state index contributed by atoms with van der Waals surface area (Å²) >= 11 is 1.50. The van der Waals surface area contributed by atoms with Gasteiger partial charge in [-0.1, -0.05) is 0 Å². The number of anilines is 1. The Morgan fingerprint density at radius 1 is 1.12 bits per heavy atom. The normalized spacial score (nSPS) is 15.2. The number of benzene rings is 2. The van der Waals surface area contributed by atoms with Crippen LogP contribution in [-0.4, -0.2) is 48.5 Å². The van der Waals surface area contributed by atoms with Crippen molar-refractivity contribution in [3.05, 3.63) is 64.6 Å². The van der Waals surface area contributed by atoms with Crippen LogP contribution >= 0.6 is 11.3 Å². The maximum atomic E-state index is 13.2. The Morgan fingerprint density at radius 3 is 2.64 bits per heavy atom. The fourth-order valence-electron chi connectivity index (χ4n) is 3.73. The number of nitrogens with zero attached hydrogens (tertiary/aromatic N) is 2. The number of amides is 2. The van der Waals surface area contributed by atoms with E-state index in [1.807, 2.05) is 5.38 Å². The molecular weight excluding hydrogens is 442 g/mol. The zero-order valence-electron chi connectivity index (χ0n) is 18.4. The number of ether oxygens (including phenoxy) is 3. The lowest BCUT2D eigenvalue weighted by atomic mass is 10.1. The Hall–Kier alpha value is -3.59. The van der Waals surface area contributed by atoms with Crippen LogP contribution in [0.4, 0.5) is 5.69 Å². The number of carbonyl (C=O) groups is 2. The van der Waals surface area contributed by atoms with Gasteiger partial charge in [-0.05, 0) is 55.3 Å². The van der Waals surface area contributed by atoms with Gasteiger partial charge in [0.2, 0.25) is 5.91 Å². The highest BCUT2D eigenvalue weighted by atomic mass is 32.1. The summed E-state index contributed by atoms with van der Waals surface area (Å²) in [5, 5.41) is 4.81. The van der Waals surface area contributed by atoms with Crippen LogP contribution in [0.3, 0.4) is 0 Å². The first kappa shape index (κ1) is 22.6. The first-order valence-corrected chi connectivity index (χ1v) is 11.5. The van der Waals surface area contributed by atoms with Crippen LogP contribution in [0.25, 0.3) is 0 Å². The molecule has 1 N–H and O–H groups in total. The minimum atomic E-state index is -0.536. The van der Waals surface area contributed by atoms with E-state index in [4.69, 9.17) is 14.2 Å². The van der Waals surface area contributed by atoms with Crippen molar-refractivity contribution in [3.63, 3.8) is 0 Å². The maximum absolute atomic E-state index is 13.2. The van der Waals surface area contributed by atoms with Gasteiger partial charge < -0.3 is 24.4 Å². The molecule has 172 valence electrons. The van der Waals surface area contributed by atoms with Gasteiger partial charge in [0.25, 0.3) is 5.91 Å². The first-order chi connectivity index (χ1) is 16.1. The number of thiazole rings is 1. The zero-order valence-corrected chi connectivity index (χ0v) is 19.3. The SMILES string of the molecule is COc1ccc(NC(=O)C2CCCN2C(=O)c2ccc(OCc3cscn3)c(OC)c2)cc1. The van der Waals surface area contributed by atoms with E-state index in [2.05, 4.69) is 10.3 Å². The third-order valence-electron chi connectivity index (χ3n) is 5.44. The second-order valence-corrected chi connectivity index (χ2v) is 8.23. The van der Waals surface area contributed by atoms with Gasteiger partial charge in [-0.2, -0.15) is 0 Å². The maximum Gasteiger partial charge on any atom is 0.254 e. The van der Waals surface area contributed by atoms with Crippen LogP contribution in [-0.2, 0) is 11.4 Å².